The highest BCUT2D eigenvalue weighted by molar-refractivity contribution is 6.30. The maximum atomic E-state index is 12.6. The van der Waals surface area contributed by atoms with Gasteiger partial charge >= 0.3 is 5.97 Å². The molecule has 0 saturated carbocycles. The number of hydrogen-bond acceptors (Lipinski definition) is 8. The number of pyridine rings is 1. The molecular formula is C26H25ClN4O5. The zero-order valence-electron chi connectivity index (χ0n) is 19.7. The number of ether oxygens (including phenoxy) is 2. The molecule has 0 fully saturated rings. The van der Waals surface area contributed by atoms with Gasteiger partial charge in [0.25, 0.3) is 5.91 Å². The van der Waals surface area contributed by atoms with Gasteiger partial charge in [0.1, 0.15) is 11.6 Å². The Morgan fingerprint density at radius 2 is 1.81 bits per heavy atom. The molecule has 0 bridgehead atoms. The van der Waals surface area contributed by atoms with Crippen molar-refractivity contribution in [3.8, 4) is 11.6 Å². The van der Waals surface area contributed by atoms with Crippen LogP contribution in [-0.4, -0.2) is 51.8 Å². The van der Waals surface area contributed by atoms with Crippen LogP contribution >= 0.6 is 11.6 Å². The third-order valence-electron chi connectivity index (χ3n) is 5.52. The molecule has 2 N–H and O–H groups in total. The second kappa shape index (κ2) is 11.1. The molecule has 1 aliphatic heterocycles. The summed E-state index contributed by atoms with van der Waals surface area (Å²) in [6.07, 6.45) is 1.86. The molecule has 1 atom stereocenters. The van der Waals surface area contributed by atoms with Gasteiger partial charge in [-0.05, 0) is 55.0 Å². The molecule has 0 saturated heterocycles. The molecule has 3 aromatic rings. The van der Waals surface area contributed by atoms with E-state index in [9.17, 15) is 14.7 Å². The number of carbonyl (C=O) groups excluding carboxylic acids is 2. The van der Waals surface area contributed by atoms with Crippen molar-refractivity contribution in [2.24, 2.45) is 0 Å². The minimum absolute atomic E-state index is 0.303. The summed E-state index contributed by atoms with van der Waals surface area (Å²) in [5, 5.41) is 14.7. The van der Waals surface area contributed by atoms with E-state index in [0.717, 1.165) is 5.56 Å². The summed E-state index contributed by atoms with van der Waals surface area (Å²) in [6, 6.07) is 17.2. The highest BCUT2D eigenvalue weighted by Gasteiger charge is 2.32. The number of aliphatic hydroxyl groups excluding tert-OH is 1. The number of hydrogen-bond donors (Lipinski definition) is 2. The predicted molar refractivity (Wildman–Crippen MR) is 134 cm³/mol. The maximum Gasteiger partial charge on any atom is 0.337 e. The number of nitrogens with zero attached hydrogens (tertiary/aromatic N) is 3. The number of rotatable bonds is 8. The van der Waals surface area contributed by atoms with Gasteiger partial charge in [0.05, 0.1) is 24.6 Å². The highest BCUT2D eigenvalue weighted by atomic mass is 35.5. The fraction of sp³-hybridized carbons (Fsp3) is 0.192. The van der Waals surface area contributed by atoms with Crippen LogP contribution in [0.15, 0.2) is 78.8 Å². The van der Waals surface area contributed by atoms with E-state index in [1.165, 1.54) is 18.1 Å². The van der Waals surface area contributed by atoms with Crippen molar-refractivity contribution in [2.45, 2.75) is 19.8 Å². The van der Waals surface area contributed by atoms with Crippen molar-refractivity contribution in [1.29, 1.82) is 0 Å². The normalized spacial score (nSPS) is 15.4. The Morgan fingerprint density at radius 1 is 1.08 bits per heavy atom. The molecule has 1 aromatic heterocycles. The number of anilines is 1. The van der Waals surface area contributed by atoms with Gasteiger partial charge in [-0.1, -0.05) is 23.7 Å². The largest absolute Gasteiger partial charge is 0.465 e. The minimum Gasteiger partial charge on any atom is -0.465 e. The summed E-state index contributed by atoms with van der Waals surface area (Å²) in [7, 11) is 1.32. The Kier molecular flexibility index (Phi) is 7.72. The molecule has 2 aromatic carbocycles. The van der Waals surface area contributed by atoms with Crippen LogP contribution in [0.3, 0.4) is 0 Å². The number of aliphatic hydroxyl groups is 1. The van der Waals surface area contributed by atoms with E-state index in [2.05, 4.69) is 15.0 Å². The lowest BCUT2D eigenvalue weighted by Crippen LogP contribution is -2.54. The number of carbonyl (C=O) groups is 2. The number of amides is 1. The quantitative estimate of drug-likeness (QED) is 0.436. The molecular weight excluding hydrogens is 484 g/mol. The number of halogens is 1. The molecule has 1 unspecified atom stereocenters. The third kappa shape index (κ3) is 5.76. The number of methoxy groups -OCH3 is 1. The van der Waals surface area contributed by atoms with E-state index >= 15 is 0 Å². The van der Waals surface area contributed by atoms with Gasteiger partial charge in [-0.3, -0.25) is 9.69 Å². The summed E-state index contributed by atoms with van der Waals surface area (Å²) >= 11 is 6.00. The SMILES string of the molecule is CCN1C(=O)C=C(Nc2ccc(Oc3ccc(C(=O)OC)cc3)nc2)N(Cc2ccc(Cl)cc2)C1O. The first-order valence-corrected chi connectivity index (χ1v) is 11.6. The average Bonchev–Trinajstić information content (AvgIpc) is 2.89. The number of aromatic nitrogens is 1. The molecule has 0 spiro atoms. The fourth-order valence-corrected chi connectivity index (χ4v) is 3.76. The number of likely N-dealkylation sites (N-methyl/N-ethyl adjacent to an activating group) is 1. The topological polar surface area (TPSA) is 104 Å². The zero-order valence-corrected chi connectivity index (χ0v) is 20.5. The number of benzene rings is 2. The lowest BCUT2D eigenvalue weighted by Gasteiger charge is -2.41. The first-order valence-electron chi connectivity index (χ1n) is 11.2. The van der Waals surface area contributed by atoms with E-state index in [4.69, 9.17) is 16.3 Å². The van der Waals surface area contributed by atoms with Crippen LogP contribution in [-0.2, 0) is 16.1 Å². The summed E-state index contributed by atoms with van der Waals surface area (Å²) in [6.45, 7) is 2.51. The standard InChI is InChI=1S/C26H25ClN4O5/c1-3-30-24(32)14-22(31(26(30)34)16-17-4-8-19(27)9-5-17)29-20-10-13-23(28-15-20)36-21-11-6-18(7-12-21)25(33)35-2/h4-15,26,29,34H,3,16H2,1-2H3. The van der Waals surface area contributed by atoms with E-state index in [-0.39, 0.29) is 5.91 Å². The average molecular weight is 509 g/mol. The lowest BCUT2D eigenvalue weighted by molar-refractivity contribution is -0.154. The molecule has 36 heavy (non-hydrogen) atoms. The summed E-state index contributed by atoms with van der Waals surface area (Å²) in [5.41, 5.74) is 1.93. The Labute approximate surface area is 213 Å². The molecule has 2 heterocycles. The van der Waals surface area contributed by atoms with Gasteiger partial charge in [0.15, 0.2) is 0 Å². The van der Waals surface area contributed by atoms with Gasteiger partial charge in [-0.15, -0.1) is 0 Å². The van der Waals surface area contributed by atoms with Crippen molar-refractivity contribution in [2.75, 3.05) is 19.0 Å². The molecule has 0 radical (unpaired) electrons. The van der Waals surface area contributed by atoms with E-state index in [1.807, 2.05) is 12.1 Å². The van der Waals surface area contributed by atoms with Gasteiger partial charge in [-0.2, -0.15) is 0 Å². The van der Waals surface area contributed by atoms with E-state index in [0.29, 0.717) is 46.8 Å². The van der Waals surface area contributed by atoms with Gasteiger partial charge in [0, 0.05) is 30.3 Å². The smallest absolute Gasteiger partial charge is 0.337 e. The molecule has 0 aliphatic carbocycles. The van der Waals surface area contributed by atoms with Crippen LogP contribution in [0.25, 0.3) is 0 Å². The fourth-order valence-electron chi connectivity index (χ4n) is 3.63. The van der Waals surface area contributed by atoms with Crippen LogP contribution in [0.5, 0.6) is 11.6 Å². The van der Waals surface area contributed by atoms with Crippen LogP contribution in [0.4, 0.5) is 5.69 Å². The van der Waals surface area contributed by atoms with Gasteiger partial charge < -0.3 is 24.8 Å². The Bertz CT molecular complexity index is 1250. The van der Waals surface area contributed by atoms with Crippen molar-refractivity contribution < 1.29 is 24.2 Å². The third-order valence-corrected chi connectivity index (χ3v) is 5.78. The minimum atomic E-state index is -1.14. The lowest BCUT2D eigenvalue weighted by atomic mass is 10.2. The Morgan fingerprint density at radius 3 is 2.42 bits per heavy atom. The summed E-state index contributed by atoms with van der Waals surface area (Å²) in [5.74, 6) is 0.552. The maximum absolute atomic E-state index is 12.6. The highest BCUT2D eigenvalue weighted by Crippen LogP contribution is 2.26. The second-order valence-corrected chi connectivity index (χ2v) is 8.32. The molecule has 9 nitrogen and oxygen atoms in total. The first-order chi connectivity index (χ1) is 17.4. The van der Waals surface area contributed by atoms with Crippen LogP contribution in [0.2, 0.25) is 5.02 Å². The molecule has 4 rings (SSSR count). The molecule has 10 heteroatoms. The second-order valence-electron chi connectivity index (χ2n) is 7.88. The Balaban J connectivity index is 1.48. The molecule has 186 valence electrons. The monoisotopic (exact) mass is 508 g/mol. The van der Waals surface area contributed by atoms with Crippen molar-refractivity contribution >= 4 is 29.2 Å². The number of nitrogens with one attached hydrogen (secondary N) is 1. The zero-order chi connectivity index (χ0) is 25.7. The molecule has 1 aliphatic rings. The van der Waals surface area contributed by atoms with Crippen molar-refractivity contribution in [3.05, 3.63) is 94.9 Å². The van der Waals surface area contributed by atoms with Crippen LogP contribution in [0.1, 0.15) is 22.8 Å². The van der Waals surface area contributed by atoms with Crippen LogP contribution in [0, 0.1) is 0 Å². The summed E-state index contributed by atoms with van der Waals surface area (Å²) in [4.78, 5) is 31.5. The van der Waals surface area contributed by atoms with Crippen molar-refractivity contribution in [3.63, 3.8) is 0 Å². The van der Waals surface area contributed by atoms with E-state index in [1.54, 1.807) is 66.6 Å². The molecule has 1 amide bonds. The Hall–Kier alpha value is -4.08. The van der Waals surface area contributed by atoms with Crippen molar-refractivity contribution in [1.82, 2.24) is 14.8 Å². The van der Waals surface area contributed by atoms with Gasteiger partial charge in [0.2, 0.25) is 12.2 Å². The summed E-state index contributed by atoms with van der Waals surface area (Å²) < 4.78 is 10.4. The predicted octanol–water partition coefficient (Wildman–Crippen LogP) is 4.21. The van der Waals surface area contributed by atoms with Crippen LogP contribution < -0.4 is 10.1 Å². The van der Waals surface area contributed by atoms with E-state index < -0.39 is 12.3 Å². The first kappa shape index (κ1) is 25.0. The van der Waals surface area contributed by atoms with Gasteiger partial charge in [-0.25, -0.2) is 9.78 Å². The number of esters is 1.